The van der Waals surface area contributed by atoms with E-state index in [9.17, 15) is 4.79 Å². The Morgan fingerprint density at radius 3 is 2.82 bits per heavy atom. The highest BCUT2D eigenvalue weighted by molar-refractivity contribution is 5.78. The van der Waals surface area contributed by atoms with E-state index < -0.39 is 0 Å². The fourth-order valence-electron chi connectivity index (χ4n) is 2.34. The van der Waals surface area contributed by atoms with Crippen LogP contribution < -0.4 is 10.1 Å². The monoisotopic (exact) mass is 299 g/mol. The zero-order valence-electron chi connectivity index (χ0n) is 12.1. The van der Waals surface area contributed by atoms with Crippen molar-refractivity contribution in [3.8, 4) is 5.88 Å². The number of hydrogen-bond acceptors (Lipinski definition) is 6. The topological polar surface area (TPSA) is 81.9 Å². The molecule has 0 bridgehead atoms. The summed E-state index contributed by atoms with van der Waals surface area (Å²) in [5.74, 6) is 0.760. The van der Waals surface area contributed by atoms with Gasteiger partial charge in [-0.25, -0.2) is 4.98 Å². The average Bonchev–Trinajstić information content (AvgIpc) is 3.17. The van der Waals surface area contributed by atoms with E-state index in [0.717, 1.165) is 24.8 Å². The zero-order valence-corrected chi connectivity index (χ0v) is 12.1. The molecule has 2 heterocycles. The minimum absolute atomic E-state index is 0.183. The van der Waals surface area contributed by atoms with Gasteiger partial charge in [0.15, 0.2) is 6.29 Å². The van der Waals surface area contributed by atoms with Crippen LogP contribution >= 0.6 is 0 Å². The van der Waals surface area contributed by atoms with E-state index in [4.69, 9.17) is 4.74 Å². The molecule has 22 heavy (non-hydrogen) atoms. The van der Waals surface area contributed by atoms with Gasteiger partial charge in [-0.3, -0.25) is 9.48 Å². The Balaban J connectivity index is 1.51. The first kappa shape index (κ1) is 13.2. The molecule has 0 spiro atoms. The lowest BCUT2D eigenvalue weighted by molar-refractivity contribution is 0.111. The van der Waals surface area contributed by atoms with Gasteiger partial charge >= 0.3 is 0 Å². The third kappa shape index (κ3) is 2.66. The molecule has 0 amide bonds. The highest BCUT2D eigenvalue weighted by Crippen LogP contribution is 2.32. The Hall–Kier alpha value is -2.44. The van der Waals surface area contributed by atoms with Gasteiger partial charge in [-0.05, 0) is 32.1 Å². The first-order chi connectivity index (χ1) is 10.8. The van der Waals surface area contributed by atoms with Crippen LogP contribution in [0.5, 0.6) is 5.88 Å². The molecule has 2 aliphatic carbocycles. The van der Waals surface area contributed by atoms with E-state index in [0.29, 0.717) is 23.4 Å². The summed E-state index contributed by atoms with van der Waals surface area (Å²) in [6.07, 6.45) is 11.8. The van der Waals surface area contributed by atoms with Gasteiger partial charge in [-0.2, -0.15) is 10.1 Å². The van der Waals surface area contributed by atoms with Crippen LogP contribution in [0.15, 0.2) is 18.6 Å². The zero-order chi connectivity index (χ0) is 14.9. The van der Waals surface area contributed by atoms with Crippen molar-refractivity contribution in [1.82, 2.24) is 19.7 Å². The van der Waals surface area contributed by atoms with Crippen LogP contribution in [-0.2, 0) is 0 Å². The molecular formula is C15H17N5O2. The third-order valence-corrected chi connectivity index (χ3v) is 4.02. The van der Waals surface area contributed by atoms with E-state index in [1.54, 1.807) is 6.20 Å². The minimum atomic E-state index is 0.183. The minimum Gasteiger partial charge on any atom is -0.474 e. The van der Waals surface area contributed by atoms with Crippen molar-refractivity contribution in [1.29, 1.82) is 0 Å². The molecule has 0 aromatic carbocycles. The molecule has 1 N–H and O–H groups in total. The lowest BCUT2D eigenvalue weighted by Gasteiger charge is -2.25. The van der Waals surface area contributed by atoms with Crippen molar-refractivity contribution in [2.75, 3.05) is 5.32 Å². The average molecular weight is 299 g/mol. The van der Waals surface area contributed by atoms with Crippen molar-refractivity contribution in [2.24, 2.45) is 0 Å². The Morgan fingerprint density at radius 2 is 2.14 bits per heavy atom. The molecule has 2 aromatic heterocycles. The van der Waals surface area contributed by atoms with Crippen LogP contribution in [0, 0.1) is 0 Å². The predicted molar refractivity (Wildman–Crippen MR) is 79.5 cm³/mol. The van der Waals surface area contributed by atoms with Crippen molar-refractivity contribution in [3.63, 3.8) is 0 Å². The maximum absolute atomic E-state index is 11.0. The number of aromatic nitrogens is 4. The maximum atomic E-state index is 11.0. The summed E-state index contributed by atoms with van der Waals surface area (Å²) >= 11 is 0. The molecule has 0 unspecified atom stereocenters. The molecule has 2 aliphatic rings. The van der Waals surface area contributed by atoms with Gasteiger partial charge in [0, 0.05) is 12.4 Å². The molecule has 2 aromatic rings. The molecule has 114 valence electrons. The third-order valence-electron chi connectivity index (χ3n) is 4.02. The molecule has 4 rings (SSSR count). The largest absolute Gasteiger partial charge is 0.474 e. The Kier molecular flexibility index (Phi) is 3.25. The Bertz CT molecular complexity index is 691. The SMILES string of the molecule is O=Cc1cnc(Nc2cnn(C3CCC3)c2)nc1OC1CC1. The molecular weight excluding hydrogens is 282 g/mol. The highest BCUT2D eigenvalue weighted by Gasteiger charge is 2.25. The first-order valence-electron chi connectivity index (χ1n) is 7.62. The van der Waals surface area contributed by atoms with Gasteiger partial charge < -0.3 is 10.1 Å². The van der Waals surface area contributed by atoms with Crippen LogP contribution in [-0.4, -0.2) is 32.1 Å². The van der Waals surface area contributed by atoms with E-state index in [1.807, 2.05) is 10.9 Å². The number of carbonyl (C=O) groups excluding carboxylic acids is 1. The maximum Gasteiger partial charge on any atom is 0.230 e. The molecule has 0 saturated heterocycles. The van der Waals surface area contributed by atoms with Crippen LogP contribution in [0.25, 0.3) is 0 Å². The van der Waals surface area contributed by atoms with E-state index in [1.165, 1.54) is 25.5 Å². The molecule has 7 heteroatoms. The molecule has 0 radical (unpaired) electrons. The molecule has 2 saturated carbocycles. The fourth-order valence-corrected chi connectivity index (χ4v) is 2.34. The van der Waals surface area contributed by atoms with Crippen molar-refractivity contribution in [3.05, 3.63) is 24.2 Å². The summed E-state index contributed by atoms with van der Waals surface area (Å²) in [5, 5.41) is 7.47. The second-order valence-electron chi connectivity index (χ2n) is 5.81. The van der Waals surface area contributed by atoms with Crippen molar-refractivity contribution >= 4 is 17.9 Å². The van der Waals surface area contributed by atoms with E-state index in [2.05, 4.69) is 20.4 Å². The van der Waals surface area contributed by atoms with Crippen LogP contribution in [0.2, 0.25) is 0 Å². The van der Waals surface area contributed by atoms with Gasteiger partial charge in [0.05, 0.1) is 23.5 Å². The Morgan fingerprint density at radius 1 is 1.27 bits per heavy atom. The summed E-state index contributed by atoms with van der Waals surface area (Å²) in [7, 11) is 0. The highest BCUT2D eigenvalue weighted by atomic mass is 16.5. The van der Waals surface area contributed by atoms with Crippen molar-refractivity contribution < 1.29 is 9.53 Å². The molecule has 0 atom stereocenters. The van der Waals surface area contributed by atoms with Gasteiger partial charge in [0.25, 0.3) is 0 Å². The second-order valence-corrected chi connectivity index (χ2v) is 5.81. The summed E-state index contributed by atoms with van der Waals surface area (Å²) in [4.78, 5) is 19.5. The molecule has 7 nitrogen and oxygen atoms in total. The standard InChI is InChI=1S/C15H17N5O2/c21-9-10-6-16-15(19-14(10)22-13-4-5-13)18-11-7-17-20(8-11)12-2-1-3-12/h6-9,12-13H,1-5H2,(H,16,18,19). The fraction of sp³-hybridized carbons (Fsp3) is 0.467. The lowest BCUT2D eigenvalue weighted by Crippen LogP contribution is -2.17. The van der Waals surface area contributed by atoms with Gasteiger partial charge in [-0.1, -0.05) is 0 Å². The summed E-state index contributed by atoms with van der Waals surface area (Å²) in [6.45, 7) is 0. The number of nitrogens with zero attached hydrogens (tertiary/aromatic N) is 4. The lowest BCUT2D eigenvalue weighted by atomic mass is 9.93. The van der Waals surface area contributed by atoms with E-state index in [-0.39, 0.29) is 6.10 Å². The second kappa shape index (κ2) is 5.40. The Labute approximate surface area is 127 Å². The smallest absolute Gasteiger partial charge is 0.230 e. The predicted octanol–water partition coefficient (Wildman–Crippen LogP) is 2.50. The number of hydrogen-bond donors (Lipinski definition) is 1. The van der Waals surface area contributed by atoms with Crippen LogP contribution in [0.3, 0.4) is 0 Å². The number of rotatable bonds is 6. The van der Waals surface area contributed by atoms with Gasteiger partial charge in [-0.15, -0.1) is 0 Å². The summed E-state index contributed by atoms with van der Waals surface area (Å²) in [5.41, 5.74) is 1.21. The van der Waals surface area contributed by atoms with Gasteiger partial charge in [0.2, 0.25) is 11.8 Å². The molecule has 2 fully saturated rings. The van der Waals surface area contributed by atoms with Crippen molar-refractivity contribution in [2.45, 2.75) is 44.2 Å². The first-order valence-corrected chi connectivity index (χ1v) is 7.62. The normalized spacial score (nSPS) is 17.8. The summed E-state index contributed by atoms with van der Waals surface area (Å²) < 4.78 is 7.63. The number of anilines is 2. The van der Waals surface area contributed by atoms with Crippen LogP contribution in [0.4, 0.5) is 11.6 Å². The number of carbonyl (C=O) groups is 1. The number of nitrogens with one attached hydrogen (secondary N) is 1. The molecule has 0 aliphatic heterocycles. The summed E-state index contributed by atoms with van der Waals surface area (Å²) in [6, 6.07) is 0.516. The number of aldehydes is 1. The van der Waals surface area contributed by atoms with Crippen LogP contribution in [0.1, 0.15) is 48.5 Å². The van der Waals surface area contributed by atoms with Gasteiger partial charge in [0.1, 0.15) is 6.10 Å². The van der Waals surface area contributed by atoms with E-state index >= 15 is 0 Å². The number of ether oxygens (including phenoxy) is 1. The quantitative estimate of drug-likeness (QED) is 0.825.